The molecule has 0 aromatic heterocycles. The lowest BCUT2D eigenvalue weighted by atomic mass is 10.1. The Hall–Kier alpha value is -1.55. The third-order valence-corrected chi connectivity index (χ3v) is 3.92. The fourth-order valence-corrected chi connectivity index (χ4v) is 2.90. The lowest BCUT2D eigenvalue weighted by Gasteiger charge is -2.29. The maximum atomic E-state index is 12.2. The molecule has 2 aliphatic rings. The predicted molar refractivity (Wildman–Crippen MR) is 71.5 cm³/mol. The second-order valence-corrected chi connectivity index (χ2v) is 5.06. The lowest BCUT2D eigenvalue weighted by Crippen LogP contribution is -2.43. The largest absolute Gasteiger partial charge is 0.358 e. The molecule has 1 N–H and O–H groups in total. The summed E-state index contributed by atoms with van der Waals surface area (Å²) in [5, 5.41) is 3.42. The molecular weight excluding hydrogens is 226 g/mol. The maximum Gasteiger partial charge on any atom is 0.245 e. The Bertz CT molecular complexity index is 460. The van der Waals surface area contributed by atoms with Crippen LogP contribution in [0.4, 0.5) is 5.69 Å². The molecule has 2 heterocycles. The number of hydrogen-bond donors (Lipinski definition) is 1. The van der Waals surface area contributed by atoms with Gasteiger partial charge in [0.25, 0.3) is 0 Å². The highest BCUT2D eigenvalue weighted by Gasteiger charge is 2.35. The maximum absolute atomic E-state index is 12.2. The van der Waals surface area contributed by atoms with E-state index in [-0.39, 0.29) is 11.9 Å². The molecule has 1 amide bonds. The Balaban J connectivity index is 1.94. The summed E-state index contributed by atoms with van der Waals surface area (Å²) in [6.07, 6.45) is 0.934. The fourth-order valence-electron chi connectivity index (χ4n) is 2.90. The number of nitrogens with one attached hydrogen (secondary N) is 1. The normalized spacial score (nSPS) is 24.1. The highest BCUT2D eigenvalue weighted by Crippen LogP contribution is 2.27. The molecule has 2 aliphatic heterocycles. The van der Waals surface area contributed by atoms with Crippen molar-refractivity contribution in [1.82, 2.24) is 10.2 Å². The highest BCUT2D eigenvalue weighted by molar-refractivity contribution is 5.87. The van der Waals surface area contributed by atoms with E-state index in [4.69, 9.17) is 0 Å². The molecule has 18 heavy (non-hydrogen) atoms. The Morgan fingerprint density at radius 2 is 2.11 bits per heavy atom. The van der Waals surface area contributed by atoms with Gasteiger partial charge in [-0.3, -0.25) is 4.79 Å². The number of carbonyl (C=O) groups is 1. The van der Waals surface area contributed by atoms with Crippen molar-refractivity contribution >= 4 is 11.6 Å². The lowest BCUT2D eigenvalue weighted by molar-refractivity contribution is -0.127. The monoisotopic (exact) mass is 245 g/mol. The topological polar surface area (TPSA) is 35.6 Å². The molecule has 3 rings (SSSR count). The molecule has 0 radical (unpaired) electrons. The van der Waals surface area contributed by atoms with E-state index in [9.17, 15) is 4.79 Å². The summed E-state index contributed by atoms with van der Waals surface area (Å²) in [7, 11) is 1.89. The van der Waals surface area contributed by atoms with Crippen molar-refractivity contribution in [3.05, 3.63) is 29.8 Å². The van der Waals surface area contributed by atoms with Crippen LogP contribution in [0, 0.1) is 0 Å². The molecule has 0 saturated carbocycles. The second-order valence-electron chi connectivity index (χ2n) is 5.06. The van der Waals surface area contributed by atoms with E-state index in [1.54, 1.807) is 0 Å². The highest BCUT2D eigenvalue weighted by atomic mass is 16.2. The van der Waals surface area contributed by atoms with Gasteiger partial charge in [0.2, 0.25) is 5.91 Å². The number of nitrogens with zero attached hydrogens (tertiary/aromatic N) is 2. The van der Waals surface area contributed by atoms with Crippen molar-refractivity contribution < 1.29 is 4.79 Å². The van der Waals surface area contributed by atoms with E-state index in [0.717, 1.165) is 32.6 Å². The zero-order valence-electron chi connectivity index (χ0n) is 10.7. The van der Waals surface area contributed by atoms with Crippen molar-refractivity contribution in [3.63, 3.8) is 0 Å². The van der Waals surface area contributed by atoms with Crippen molar-refractivity contribution in [2.24, 2.45) is 0 Å². The number of rotatable bonds is 1. The minimum atomic E-state index is 0.0241. The quantitative estimate of drug-likeness (QED) is 0.796. The van der Waals surface area contributed by atoms with Crippen LogP contribution in [-0.4, -0.2) is 43.5 Å². The Labute approximate surface area is 108 Å². The van der Waals surface area contributed by atoms with Crippen molar-refractivity contribution in [3.8, 4) is 0 Å². The number of likely N-dealkylation sites (N-methyl/N-ethyl adjacent to an activating group) is 1. The van der Waals surface area contributed by atoms with E-state index in [0.29, 0.717) is 0 Å². The van der Waals surface area contributed by atoms with Gasteiger partial charge in [-0.25, -0.2) is 0 Å². The molecule has 0 aliphatic carbocycles. The van der Waals surface area contributed by atoms with Crippen LogP contribution in [0.25, 0.3) is 0 Å². The number of anilines is 1. The van der Waals surface area contributed by atoms with E-state index < -0.39 is 0 Å². The van der Waals surface area contributed by atoms with Crippen molar-refractivity contribution in [2.45, 2.75) is 19.0 Å². The molecule has 1 fully saturated rings. The first-order valence-electron chi connectivity index (χ1n) is 6.57. The number of likely N-dealkylation sites (tertiary alicyclic amines) is 1. The molecule has 1 atom stereocenters. The van der Waals surface area contributed by atoms with E-state index >= 15 is 0 Å². The average molecular weight is 245 g/mol. The van der Waals surface area contributed by atoms with Crippen LogP contribution >= 0.6 is 0 Å². The van der Waals surface area contributed by atoms with Gasteiger partial charge in [0.15, 0.2) is 0 Å². The molecule has 1 aromatic rings. The number of carbonyl (C=O) groups excluding carboxylic acids is 1. The number of fused-ring (bicyclic) bond motifs is 1. The molecule has 1 aromatic carbocycles. The predicted octanol–water partition coefficient (Wildman–Crippen LogP) is 0.827. The summed E-state index contributed by atoms with van der Waals surface area (Å²) in [6, 6.07) is 8.42. The van der Waals surface area contributed by atoms with Crippen molar-refractivity contribution in [2.75, 3.05) is 31.6 Å². The molecule has 1 unspecified atom stereocenters. The molecule has 4 heteroatoms. The Morgan fingerprint density at radius 3 is 2.89 bits per heavy atom. The summed E-state index contributed by atoms with van der Waals surface area (Å²) in [6.45, 7) is 3.60. The zero-order chi connectivity index (χ0) is 12.5. The number of amides is 1. The van der Waals surface area contributed by atoms with Gasteiger partial charge in [0, 0.05) is 38.9 Å². The van der Waals surface area contributed by atoms with Gasteiger partial charge in [0.1, 0.15) is 6.04 Å². The SMILES string of the molecule is CN1CCC(N2CCNCc3ccccc32)C1=O. The second kappa shape index (κ2) is 4.61. The van der Waals surface area contributed by atoms with Crippen LogP contribution in [0.2, 0.25) is 0 Å². The van der Waals surface area contributed by atoms with Gasteiger partial charge in [-0.1, -0.05) is 18.2 Å². The van der Waals surface area contributed by atoms with Crippen LogP contribution in [0.5, 0.6) is 0 Å². The van der Waals surface area contributed by atoms with Crippen molar-refractivity contribution in [1.29, 1.82) is 0 Å². The summed E-state index contributed by atoms with van der Waals surface area (Å²) in [5.41, 5.74) is 2.51. The number of para-hydroxylation sites is 1. The zero-order valence-corrected chi connectivity index (χ0v) is 10.7. The number of hydrogen-bond acceptors (Lipinski definition) is 3. The first-order chi connectivity index (χ1) is 8.77. The summed E-state index contributed by atoms with van der Waals surface area (Å²) in [5.74, 6) is 0.256. The van der Waals surface area contributed by atoms with Crippen LogP contribution in [0.1, 0.15) is 12.0 Å². The van der Waals surface area contributed by atoms with E-state index in [1.165, 1.54) is 11.3 Å². The van der Waals surface area contributed by atoms with Gasteiger partial charge in [-0.2, -0.15) is 0 Å². The summed E-state index contributed by atoms with van der Waals surface area (Å²) in [4.78, 5) is 16.3. The Morgan fingerprint density at radius 1 is 1.28 bits per heavy atom. The van der Waals surface area contributed by atoms with Crippen LogP contribution in [-0.2, 0) is 11.3 Å². The smallest absolute Gasteiger partial charge is 0.245 e. The van der Waals surface area contributed by atoms with Gasteiger partial charge >= 0.3 is 0 Å². The van der Waals surface area contributed by atoms with E-state index in [1.807, 2.05) is 11.9 Å². The molecular formula is C14H19N3O. The molecule has 0 spiro atoms. The van der Waals surface area contributed by atoms with Gasteiger partial charge in [0.05, 0.1) is 0 Å². The van der Waals surface area contributed by atoms with E-state index in [2.05, 4.69) is 34.5 Å². The Kier molecular flexibility index (Phi) is 2.96. The average Bonchev–Trinajstić information content (AvgIpc) is 2.63. The standard InChI is InChI=1S/C14H19N3O/c1-16-8-6-13(14(16)18)17-9-7-15-10-11-4-2-3-5-12(11)17/h2-5,13,15H,6-10H2,1H3. The van der Waals surface area contributed by atoms with Gasteiger partial charge in [-0.05, 0) is 18.1 Å². The van der Waals surface area contributed by atoms with Crippen LogP contribution in [0.15, 0.2) is 24.3 Å². The molecule has 96 valence electrons. The summed E-state index contributed by atoms with van der Waals surface area (Å²) >= 11 is 0. The van der Waals surface area contributed by atoms with Gasteiger partial charge in [-0.15, -0.1) is 0 Å². The molecule has 1 saturated heterocycles. The van der Waals surface area contributed by atoms with Gasteiger partial charge < -0.3 is 15.1 Å². The fraction of sp³-hybridized carbons (Fsp3) is 0.500. The number of benzene rings is 1. The third kappa shape index (κ3) is 1.86. The minimum Gasteiger partial charge on any atom is -0.358 e. The van der Waals surface area contributed by atoms with Crippen LogP contribution < -0.4 is 10.2 Å². The first-order valence-corrected chi connectivity index (χ1v) is 6.57. The summed E-state index contributed by atoms with van der Waals surface area (Å²) < 4.78 is 0. The van der Waals surface area contributed by atoms with Crippen LogP contribution in [0.3, 0.4) is 0 Å². The molecule has 0 bridgehead atoms. The molecule has 4 nitrogen and oxygen atoms in total. The first kappa shape index (κ1) is 11.5. The third-order valence-electron chi connectivity index (χ3n) is 3.92. The minimum absolute atomic E-state index is 0.0241.